The van der Waals surface area contributed by atoms with Crippen LogP contribution in [-0.2, 0) is 30.2 Å². The number of carboxylic acid groups (broad SMARTS) is 1. The Morgan fingerprint density at radius 1 is 1.07 bits per heavy atom. The second-order valence-electron chi connectivity index (χ2n) is 6.16. The monoisotopic (exact) mass is 413 g/mol. The zero-order valence-electron chi connectivity index (χ0n) is 16.4. The van der Waals surface area contributed by atoms with Crippen LogP contribution >= 0.6 is 0 Å². The maximum atomic E-state index is 11.8. The molecule has 0 heterocycles. The van der Waals surface area contributed by atoms with Crippen LogP contribution in [0.5, 0.6) is 11.5 Å². The molecular weight excluding hydrogens is 390 g/mol. The smallest absolute Gasteiger partial charge is 0.480 e. The topological polar surface area (TPSA) is 161 Å². The number of carbonyl (C=O) groups is 4. The summed E-state index contributed by atoms with van der Waals surface area (Å²) in [5, 5.41) is 9.58. The quantitative estimate of drug-likeness (QED) is 0.362. The molecule has 2 atom stereocenters. The van der Waals surface area contributed by atoms with Crippen molar-refractivity contribution in [1.82, 2.24) is 0 Å². The molecule has 1 aromatic rings. The summed E-state index contributed by atoms with van der Waals surface area (Å²) in [6.45, 7) is 2.72. The van der Waals surface area contributed by atoms with Crippen molar-refractivity contribution in [1.29, 1.82) is 0 Å². The van der Waals surface area contributed by atoms with Gasteiger partial charge in [0.15, 0.2) is 11.5 Å². The van der Waals surface area contributed by atoms with E-state index in [0.29, 0.717) is 5.56 Å². The van der Waals surface area contributed by atoms with Gasteiger partial charge in [-0.05, 0) is 24.6 Å². The molecule has 0 aromatic heterocycles. The molecule has 29 heavy (non-hydrogen) atoms. The first-order valence-corrected chi connectivity index (χ1v) is 8.34. The lowest BCUT2D eigenvalue weighted by Crippen LogP contribution is -2.52. The average Bonchev–Trinajstić information content (AvgIpc) is 2.62. The molecule has 0 saturated carbocycles. The third-order valence-electron chi connectivity index (χ3n) is 3.69. The number of aliphatic carboxylic acids is 1. The van der Waals surface area contributed by atoms with E-state index >= 15 is 0 Å². The van der Waals surface area contributed by atoms with Gasteiger partial charge in [-0.25, -0.2) is 9.59 Å². The van der Waals surface area contributed by atoms with Gasteiger partial charge >= 0.3 is 24.2 Å². The van der Waals surface area contributed by atoms with Crippen LogP contribution in [-0.4, -0.2) is 55.2 Å². The van der Waals surface area contributed by atoms with Gasteiger partial charge in [0, 0.05) is 19.8 Å². The second-order valence-corrected chi connectivity index (χ2v) is 6.16. The van der Waals surface area contributed by atoms with Gasteiger partial charge in [-0.1, -0.05) is 6.07 Å². The maximum absolute atomic E-state index is 11.8. The molecule has 160 valence electrons. The number of rotatable bonds is 8. The lowest BCUT2D eigenvalue weighted by atomic mass is 9.86. The highest BCUT2D eigenvalue weighted by Crippen LogP contribution is 2.31. The van der Waals surface area contributed by atoms with Crippen LogP contribution < -0.4 is 15.2 Å². The van der Waals surface area contributed by atoms with E-state index < -0.39 is 35.9 Å². The number of hydrogen-bond donors (Lipinski definition) is 2. The van der Waals surface area contributed by atoms with Crippen molar-refractivity contribution in [3.8, 4) is 11.5 Å². The molecule has 0 aliphatic rings. The van der Waals surface area contributed by atoms with E-state index in [9.17, 15) is 24.3 Å². The van der Waals surface area contributed by atoms with Gasteiger partial charge in [0.25, 0.3) is 0 Å². The standard InChI is InChI=1S/C18H23NO10/c1-10(27-11(2)20)8-18(19,15(21)22)9-12-5-6-13(28-16(23)25-3)14(7-12)29-17(24)26-4/h5-7,10H,8-9,19H2,1-4H3,(H,21,22)/t10-,18?/m0/s1. The van der Waals surface area contributed by atoms with Crippen molar-refractivity contribution in [2.24, 2.45) is 5.73 Å². The SMILES string of the molecule is COC(=O)Oc1ccc(CC(N)(C[C@H](C)OC(C)=O)C(=O)O)cc1OC(=O)OC. The number of nitrogens with two attached hydrogens (primary N) is 1. The van der Waals surface area contributed by atoms with Crippen LogP contribution in [0.2, 0.25) is 0 Å². The summed E-state index contributed by atoms with van der Waals surface area (Å²) < 4.78 is 23.6. The minimum atomic E-state index is -1.79. The van der Waals surface area contributed by atoms with Gasteiger partial charge in [-0.2, -0.15) is 0 Å². The summed E-state index contributed by atoms with van der Waals surface area (Å²) >= 11 is 0. The summed E-state index contributed by atoms with van der Waals surface area (Å²) in [4.78, 5) is 45.6. The van der Waals surface area contributed by atoms with Crippen LogP contribution in [0.3, 0.4) is 0 Å². The summed E-state index contributed by atoms with van der Waals surface area (Å²) in [6, 6.07) is 3.99. The average molecular weight is 413 g/mol. The van der Waals surface area contributed by atoms with Crippen molar-refractivity contribution >= 4 is 24.2 Å². The van der Waals surface area contributed by atoms with Crippen molar-refractivity contribution in [2.45, 2.75) is 38.3 Å². The molecule has 0 radical (unpaired) electrons. The van der Waals surface area contributed by atoms with Crippen LogP contribution in [0.4, 0.5) is 9.59 Å². The normalized spacial score (nSPS) is 13.4. The molecule has 3 N–H and O–H groups in total. The van der Waals surface area contributed by atoms with Gasteiger partial charge in [0.1, 0.15) is 11.6 Å². The maximum Gasteiger partial charge on any atom is 0.513 e. The Kier molecular flexibility index (Phi) is 8.39. The van der Waals surface area contributed by atoms with E-state index in [1.165, 1.54) is 32.0 Å². The minimum Gasteiger partial charge on any atom is -0.480 e. The van der Waals surface area contributed by atoms with Gasteiger partial charge < -0.3 is 34.5 Å². The van der Waals surface area contributed by atoms with E-state index in [1.807, 2.05) is 0 Å². The van der Waals surface area contributed by atoms with E-state index in [4.69, 9.17) is 19.9 Å². The van der Waals surface area contributed by atoms with Crippen LogP contribution in [0.15, 0.2) is 18.2 Å². The molecule has 0 saturated heterocycles. The molecule has 11 heteroatoms. The molecule has 11 nitrogen and oxygen atoms in total. The number of ether oxygens (including phenoxy) is 5. The molecule has 0 spiro atoms. The first kappa shape index (κ1) is 23.7. The Hall–Kier alpha value is -3.34. The summed E-state index contributed by atoms with van der Waals surface area (Å²) in [7, 11) is 2.18. The van der Waals surface area contributed by atoms with E-state index in [0.717, 1.165) is 14.2 Å². The summed E-state index contributed by atoms with van der Waals surface area (Å²) in [5.41, 5.74) is 4.60. The van der Waals surface area contributed by atoms with Crippen molar-refractivity contribution in [3.63, 3.8) is 0 Å². The summed E-state index contributed by atoms with van der Waals surface area (Å²) in [5.74, 6) is -2.25. The van der Waals surface area contributed by atoms with Crippen LogP contribution in [0.25, 0.3) is 0 Å². The second kappa shape index (κ2) is 10.3. The fourth-order valence-electron chi connectivity index (χ4n) is 2.53. The van der Waals surface area contributed by atoms with Crippen molar-refractivity contribution < 1.29 is 48.0 Å². The van der Waals surface area contributed by atoms with E-state index in [2.05, 4.69) is 9.47 Å². The number of methoxy groups -OCH3 is 2. The molecule has 0 fully saturated rings. The number of carboxylic acids is 1. The zero-order chi connectivity index (χ0) is 22.2. The highest BCUT2D eigenvalue weighted by Gasteiger charge is 2.37. The predicted molar refractivity (Wildman–Crippen MR) is 96.6 cm³/mol. The highest BCUT2D eigenvalue weighted by molar-refractivity contribution is 5.79. The van der Waals surface area contributed by atoms with Crippen molar-refractivity contribution in [3.05, 3.63) is 23.8 Å². The van der Waals surface area contributed by atoms with Gasteiger partial charge in [-0.3, -0.25) is 9.59 Å². The van der Waals surface area contributed by atoms with Gasteiger partial charge in [0.05, 0.1) is 14.2 Å². The Balaban J connectivity index is 3.18. The van der Waals surface area contributed by atoms with Gasteiger partial charge in [0.2, 0.25) is 0 Å². The molecule has 0 aliphatic carbocycles. The molecule has 1 rings (SSSR count). The number of hydrogen-bond acceptors (Lipinski definition) is 10. The molecule has 0 amide bonds. The van der Waals surface area contributed by atoms with Crippen LogP contribution in [0.1, 0.15) is 25.8 Å². The largest absolute Gasteiger partial charge is 0.513 e. The lowest BCUT2D eigenvalue weighted by Gasteiger charge is -2.28. The molecular formula is C18H23NO10. The Morgan fingerprint density at radius 3 is 2.10 bits per heavy atom. The number of carbonyl (C=O) groups excluding carboxylic acids is 3. The number of esters is 1. The fourth-order valence-corrected chi connectivity index (χ4v) is 2.53. The highest BCUT2D eigenvalue weighted by atomic mass is 16.7. The van der Waals surface area contributed by atoms with E-state index in [-0.39, 0.29) is 24.3 Å². The molecule has 1 unspecified atom stereocenters. The third kappa shape index (κ3) is 7.30. The van der Waals surface area contributed by atoms with Crippen LogP contribution in [0, 0.1) is 0 Å². The number of benzene rings is 1. The third-order valence-corrected chi connectivity index (χ3v) is 3.69. The molecule has 0 aliphatic heterocycles. The molecule has 1 aromatic carbocycles. The summed E-state index contributed by atoms with van der Waals surface area (Å²) in [6.07, 6.45) is -3.26. The Morgan fingerprint density at radius 2 is 1.62 bits per heavy atom. The zero-order valence-corrected chi connectivity index (χ0v) is 16.4. The Bertz CT molecular complexity index is 778. The molecule has 0 bridgehead atoms. The Labute approximate surface area is 166 Å². The van der Waals surface area contributed by atoms with Crippen molar-refractivity contribution in [2.75, 3.05) is 14.2 Å². The first-order valence-electron chi connectivity index (χ1n) is 8.34. The fraction of sp³-hybridized carbons (Fsp3) is 0.444. The lowest BCUT2D eigenvalue weighted by molar-refractivity contribution is -0.151. The predicted octanol–water partition coefficient (Wildman–Crippen LogP) is 1.64. The van der Waals surface area contributed by atoms with Gasteiger partial charge in [-0.15, -0.1) is 0 Å². The first-order chi connectivity index (χ1) is 13.5. The van der Waals surface area contributed by atoms with E-state index in [1.54, 1.807) is 0 Å². The minimum absolute atomic E-state index is 0.155.